The van der Waals surface area contributed by atoms with Gasteiger partial charge >= 0.3 is 11.9 Å². The number of carbonyl (C=O) groups excluding carboxylic acids is 2. The van der Waals surface area contributed by atoms with E-state index in [1.807, 2.05) is 0 Å². The van der Waals surface area contributed by atoms with Gasteiger partial charge in [0.05, 0.1) is 6.10 Å². The molecule has 0 aromatic carbocycles. The van der Waals surface area contributed by atoms with Crippen molar-refractivity contribution < 1.29 is 49.4 Å². The molecule has 10 heteroatoms. The zero-order chi connectivity index (χ0) is 24.5. The fraction of sp³-hybridized carbons (Fsp3) is 0.870. The van der Waals surface area contributed by atoms with Crippen molar-refractivity contribution in [3.05, 3.63) is 0 Å². The number of carboxylic acids is 1. The topological polar surface area (TPSA) is 171 Å². The van der Waals surface area contributed by atoms with Crippen LogP contribution in [-0.2, 0) is 23.9 Å². The Morgan fingerprint density at radius 1 is 0.939 bits per heavy atom. The molecule has 0 bridgehead atoms. The van der Waals surface area contributed by atoms with E-state index < -0.39 is 48.7 Å². The van der Waals surface area contributed by atoms with Gasteiger partial charge in [-0.25, -0.2) is 4.79 Å². The molecule has 0 radical (unpaired) electrons. The molecule has 1 aliphatic heterocycles. The van der Waals surface area contributed by atoms with Gasteiger partial charge in [0.25, 0.3) is 0 Å². The molecule has 1 saturated heterocycles. The summed E-state index contributed by atoms with van der Waals surface area (Å²) in [5, 5.41) is 48.5. The van der Waals surface area contributed by atoms with Crippen LogP contribution in [0.15, 0.2) is 0 Å². The van der Waals surface area contributed by atoms with Gasteiger partial charge in [0.1, 0.15) is 24.1 Å². The highest BCUT2D eigenvalue weighted by molar-refractivity contribution is 5.84. The highest BCUT2D eigenvalue weighted by atomic mass is 16.7. The minimum Gasteiger partial charge on any atom is -0.479 e. The Morgan fingerprint density at radius 2 is 1.61 bits per heavy atom. The third-order valence-corrected chi connectivity index (χ3v) is 6.68. The fourth-order valence-electron chi connectivity index (χ4n) is 4.74. The van der Waals surface area contributed by atoms with Crippen LogP contribution in [-0.4, -0.2) is 80.1 Å². The van der Waals surface area contributed by atoms with Crippen LogP contribution in [0.3, 0.4) is 0 Å². The van der Waals surface area contributed by atoms with E-state index >= 15 is 0 Å². The Bertz CT molecular complexity index is 653. The van der Waals surface area contributed by atoms with Gasteiger partial charge in [0.2, 0.25) is 6.29 Å². The van der Waals surface area contributed by atoms with E-state index in [0.29, 0.717) is 12.8 Å². The molecule has 4 unspecified atom stereocenters. The van der Waals surface area contributed by atoms with Crippen molar-refractivity contribution >= 4 is 17.7 Å². The van der Waals surface area contributed by atoms with Crippen LogP contribution < -0.4 is 0 Å². The molecule has 0 aromatic rings. The van der Waals surface area contributed by atoms with Gasteiger partial charge in [-0.2, -0.15) is 0 Å². The normalized spacial score (nSPS) is 34.4. The van der Waals surface area contributed by atoms with Crippen LogP contribution in [0.4, 0.5) is 0 Å². The molecule has 10 nitrogen and oxygen atoms in total. The largest absolute Gasteiger partial charge is 0.479 e. The fourth-order valence-corrected chi connectivity index (χ4v) is 4.74. The number of esters is 1. The van der Waals surface area contributed by atoms with Gasteiger partial charge in [0, 0.05) is 18.8 Å². The lowest BCUT2D eigenvalue weighted by Crippen LogP contribution is -2.60. The maximum Gasteiger partial charge on any atom is 0.335 e. The summed E-state index contributed by atoms with van der Waals surface area (Å²) >= 11 is 0. The van der Waals surface area contributed by atoms with Crippen molar-refractivity contribution in [1.82, 2.24) is 0 Å². The molecule has 8 atom stereocenters. The number of ketones is 1. The number of Topliss-reactive ketones (excluding diaryl/α,β-unsaturated/α-hetero) is 1. The molecule has 1 saturated carbocycles. The number of ether oxygens (including phenoxy) is 2. The summed E-state index contributed by atoms with van der Waals surface area (Å²) in [5.41, 5.74) is 0. The highest BCUT2D eigenvalue weighted by Gasteiger charge is 2.48. The van der Waals surface area contributed by atoms with Crippen molar-refractivity contribution in [1.29, 1.82) is 0 Å². The lowest BCUT2D eigenvalue weighted by atomic mass is 9.85. The van der Waals surface area contributed by atoms with Crippen molar-refractivity contribution in [2.45, 2.75) is 114 Å². The van der Waals surface area contributed by atoms with Crippen molar-refractivity contribution in [3.8, 4) is 0 Å². The SMILES string of the molecule is CCCCCC1C(O)CC(=O)C1CCCCCCC(=O)OC1O[C@H](C(=O)O)[C@@H](O)[C@H](O)[C@H]1O. The first-order valence-electron chi connectivity index (χ1n) is 12.0. The number of carboxylic acid groups (broad SMARTS) is 1. The van der Waals surface area contributed by atoms with Crippen LogP contribution >= 0.6 is 0 Å². The van der Waals surface area contributed by atoms with Gasteiger partial charge in [-0.1, -0.05) is 45.4 Å². The zero-order valence-electron chi connectivity index (χ0n) is 19.2. The van der Waals surface area contributed by atoms with Crippen LogP contribution in [0, 0.1) is 11.8 Å². The smallest absolute Gasteiger partial charge is 0.335 e. The van der Waals surface area contributed by atoms with E-state index in [1.165, 1.54) is 0 Å². The molecule has 1 heterocycles. The maximum absolute atomic E-state index is 12.2. The molecule has 190 valence electrons. The summed E-state index contributed by atoms with van der Waals surface area (Å²) in [6.07, 6.45) is -1.53. The molecule has 33 heavy (non-hydrogen) atoms. The predicted molar refractivity (Wildman–Crippen MR) is 115 cm³/mol. The lowest BCUT2D eigenvalue weighted by molar-refractivity contribution is -0.286. The molecular formula is C23H38O10. The number of carbonyl (C=O) groups is 3. The molecule has 2 aliphatic rings. The molecule has 2 rings (SSSR count). The molecule has 0 spiro atoms. The third-order valence-electron chi connectivity index (χ3n) is 6.68. The van der Waals surface area contributed by atoms with E-state index in [0.717, 1.165) is 44.9 Å². The summed E-state index contributed by atoms with van der Waals surface area (Å²) in [4.78, 5) is 35.4. The summed E-state index contributed by atoms with van der Waals surface area (Å²) in [7, 11) is 0. The molecular weight excluding hydrogens is 436 g/mol. The zero-order valence-corrected chi connectivity index (χ0v) is 19.2. The van der Waals surface area contributed by atoms with Crippen molar-refractivity contribution in [2.75, 3.05) is 0 Å². The van der Waals surface area contributed by atoms with Crippen molar-refractivity contribution in [3.63, 3.8) is 0 Å². The standard InChI is InChI=1S/C23H38O10/c1-2-3-6-9-13-14(16(25)12-15(13)24)10-7-4-5-8-11-17(26)32-23-20(29)18(27)19(28)21(33-23)22(30)31/h13-15,18-21,23-24,27-29H,2-12H2,1H3,(H,30,31)/t13?,14?,15?,18-,19-,20+,21-,23?/m0/s1. The molecule has 0 amide bonds. The minimum atomic E-state index is -1.84. The maximum atomic E-state index is 12.2. The van der Waals surface area contributed by atoms with Crippen LogP contribution in [0.5, 0.6) is 0 Å². The Labute approximate surface area is 193 Å². The summed E-state index contributed by atoms with van der Waals surface area (Å²) in [5.74, 6) is -2.15. The first-order valence-corrected chi connectivity index (χ1v) is 12.0. The second kappa shape index (κ2) is 13.3. The predicted octanol–water partition coefficient (Wildman–Crippen LogP) is 0.909. The average molecular weight is 475 g/mol. The van der Waals surface area contributed by atoms with Crippen LogP contribution in [0.1, 0.15) is 77.6 Å². The van der Waals surface area contributed by atoms with Gasteiger partial charge < -0.3 is 35.0 Å². The first kappa shape index (κ1) is 27.7. The second-order valence-corrected chi connectivity index (χ2v) is 9.18. The Morgan fingerprint density at radius 3 is 2.27 bits per heavy atom. The quantitative estimate of drug-likeness (QED) is 0.191. The molecule has 2 fully saturated rings. The van der Waals surface area contributed by atoms with Crippen LogP contribution in [0.25, 0.3) is 0 Å². The highest BCUT2D eigenvalue weighted by Crippen LogP contribution is 2.36. The van der Waals surface area contributed by atoms with Gasteiger partial charge in [-0.15, -0.1) is 0 Å². The first-order chi connectivity index (χ1) is 15.7. The number of rotatable bonds is 13. The summed E-state index contributed by atoms with van der Waals surface area (Å²) in [6.45, 7) is 2.12. The second-order valence-electron chi connectivity index (χ2n) is 9.18. The Hall–Kier alpha value is -1.59. The number of hydrogen-bond donors (Lipinski definition) is 5. The number of hydrogen-bond acceptors (Lipinski definition) is 9. The van der Waals surface area contributed by atoms with E-state index in [4.69, 9.17) is 14.6 Å². The number of unbranched alkanes of at least 4 members (excludes halogenated alkanes) is 5. The Balaban J connectivity index is 1.66. The summed E-state index contributed by atoms with van der Waals surface area (Å²) < 4.78 is 9.88. The van der Waals surface area contributed by atoms with Gasteiger partial charge in [0.15, 0.2) is 6.10 Å². The molecule has 1 aliphatic carbocycles. The van der Waals surface area contributed by atoms with Gasteiger partial charge in [-0.3, -0.25) is 9.59 Å². The lowest BCUT2D eigenvalue weighted by Gasteiger charge is -2.37. The summed E-state index contributed by atoms with van der Waals surface area (Å²) in [6, 6.07) is 0. The average Bonchev–Trinajstić information content (AvgIpc) is 3.03. The monoisotopic (exact) mass is 474 g/mol. The number of aliphatic hydroxyl groups is 4. The van der Waals surface area contributed by atoms with E-state index in [9.17, 15) is 34.8 Å². The molecule has 5 N–H and O–H groups in total. The van der Waals surface area contributed by atoms with Gasteiger partial charge in [-0.05, 0) is 25.2 Å². The number of aliphatic carboxylic acids is 1. The van der Waals surface area contributed by atoms with Crippen molar-refractivity contribution in [2.24, 2.45) is 11.8 Å². The number of aliphatic hydroxyl groups excluding tert-OH is 4. The van der Waals surface area contributed by atoms with E-state index in [2.05, 4.69) is 6.92 Å². The van der Waals surface area contributed by atoms with E-state index in [-0.39, 0.29) is 30.5 Å². The van der Waals surface area contributed by atoms with E-state index in [1.54, 1.807) is 0 Å². The third kappa shape index (κ3) is 7.71. The Kier molecular flexibility index (Phi) is 11.2. The van der Waals surface area contributed by atoms with Crippen LogP contribution in [0.2, 0.25) is 0 Å². The molecule has 0 aromatic heterocycles. The minimum absolute atomic E-state index is 0.0175.